The molecule has 1 aromatic rings. The van der Waals surface area contributed by atoms with Crippen molar-refractivity contribution in [3.8, 4) is 0 Å². The topological polar surface area (TPSA) is 77.2 Å². The van der Waals surface area contributed by atoms with Crippen molar-refractivity contribution in [2.75, 3.05) is 5.75 Å². The van der Waals surface area contributed by atoms with Crippen LogP contribution >= 0.6 is 0 Å². The van der Waals surface area contributed by atoms with Gasteiger partial charge in [0, 0.05) is 6.42 Å². The largest absolute Gasteiger partial charge is 0.370 e. The Balaban J connectivity index is 2.71. The van der Waals surface area contributed by atoms with Crippen molar-refractivity contribution < 1.29 is 13.2 Å². The van der Waals surface area contributed by atoms with Gasteiger partial charge in [0.2, 0.25) is 5.91 Å². The Labute approximate surface area is 95.4 Å². The van der Waals surface area contributed by atoms with Crippen LogP contribution in [0.3, 0.4) is 0 Å². The summed E-state index contributed by atoms with van der Waals surface area (Å²) >= 11 is 0. The summed E-state index contributed by atoms with van der Waals surface area (Å²) in [5, 5.41) is 0. The van der Waals surface area contributed by atoms with Gasteiger partial charge in [-0.05, 0) is 25.5 Å². The number of aryl methyl sites for hydroxylation is 1. The van der Waals surface area contributed by atoms with E-state index in [0.717, 1.165) is 5.56 Å². The first-order valence-electron chi connectivity index (χ1n) is 4.99. The number of hydrogen-bond acceptors (Lipinski definition) is 3. The molecule has 88 valence electrons. The molecule has 2 N–H and O–H groups in total. The SMILES string of the molecule is Cc1ccc(S(=O)(=O)CCCC(N)=O)cc1. The van der Waals surface area contributed by atoms with E-state index in [1.807, 2.05) is 6.92 Å². The molecule has 0 heterocycles. The first-order valence-corrected chi connectivity index (χ1v) is 6.65. The lowest BCUT2D eigenvalue weighted by molar-refractivity contribution is -0.118. The van der Waals surface area contributed by atoms with Gasteiger partial charge in [0.1, 0.15) is 0 Å². The van der Waals surface area contributed by atoms with Crippen molar-refractivity contribution in [3.05, 3.63) is 29.8 Å². The molecule has 16 heavy (non-hydrogen) atoms. The second-order valence-electron chi connectivity index (χ2n) is 3.70. The molecule has 0 bridgehead atoms. The van der Waals surface area contributed by atoms with E-state index in [1.165, 1.54) is 0 Å². The molecular weight excluding hydrogens is 226 g/mol. The number of sulfone groups is 1. The predicted octanol–water partition coefficient (Wildman–Crippen LogP) is 1.03. The van der Waals surface area contributed by atoms with E-state index >= 15 is 0 Å². The number of nitrogens with two attached hydrogens (primary N) is 1. The van der Waals surface area contributed by atoms with Crippen LogP contribution in [0.4, 0.5) is 0 Å². The van der Waals surface area contributed by atoms with E-state index < -0.39 is 15.7 Å². The summed E-state index contributed by atoms with van der Waals surface area (Å²) in [6, 6.07) is 6.66. The molecule has 0 saturated heterocycles. The summed E-state index contributed by atoms with van der Waals surface area (Å²) in [7, 11) is -3.28. The van der Waals surface area contributed by atoms with Gasteiger partial charge in [-0.25, -0.2) is 8.42 Å². The Morgan fingerprint density at radius 1 is 1.25 bits per heavy atom. The zero-order chi connectivity index (χ0) is 12.2. The quantitative estimate of drug-likeness (QED) is 0.836. The van der Waals surface area contributed by atoms with Crippen LogP contribution in [0, 0.1) is 6.92 Å². The molecule has 0 spiro atoms. The summed E-state index contributed by atoms with van der Waals surface area (Å²) in [4.78, 5) is 10.8. The van der Waals surface area contributed by atoms with Crippen molar-refractivity contribution >= 4 is 15.7 Å². The number of carbonyl (C=O) groups excluding carboxylic acids is 1. The number of amides is 1. The minimum absolute atomic E-state index is 0.0427. The van der Waals surface area contributed by atoms with Crippen LogP contribution in [0.5, 0.6) is 0 Å². The first kappa shape index (κ1) is 12.7. The highest BCUT2D eigenvalue weighted by Crippen LogP contribution is 2.13. The van der Waals surface area contributed by atoms with Crippen LogP contribution in [0.15, 0.2) is 29.2 Å². The summed E-state index contributed by atoms with van der Waals surface area (Å²) in [6.45, 7) is 1.89. The Kier molecular flexibility index (Phi) is 4.06. The molecule has 5 heteroatoms. The molecule has 0 saturated carbocycles. The van der Waals surface area contributed by atoms with Crippen LogP contribution < -0.4 is 5.73 Å². The number of hydrogen-bond donors (Lipinski definition) is 1. The third-order valence-electron chi connectivity index (χ3n) is 2.22. The lowest BCUT2D eigenvalue weighted by Gasteiger charge is -2.03. The fourth-order valence-corrected chi connectivity index (χ4v) is 2.61. The number of benzene rings is 1. The Hall–Kier alpha value is -1.36. The van der Waals surface area contributed by atoms with Gasteiger partial charge in [-0.3, -0.25) is 4.79 Å². The van der Waals surface area contributed by atoms with Crippen molar-refractivity contribution in [2.24, 2.45) is 5.73 Å². The Morgan fingerprint density at radius 2 is 1.81 bits per heavy atom. The lowest BCUT2D eigenvalue weighted by Crippen LogP contribution is -2.13. The average Bonchev–Trinajstić information content (AvgIpc) is 2.17. The van der Waals surface area contributed by atoms with Crippen LogP contribution in [0.1, 0.15) is 18.4 Å². The van der Waals surface area contributed by atoms with Gasteiger partial charge >= 0.3 is 0 Å². The molecule has 0 unspecified atom stereocenters. The molecule has 0 aliphatic heterocycles. The maximum atomic E-state index is 11.8. The molecule has 0 radical (unpaired) electrons. The molecule has 1 rings (SSSR count). The van der Waals surface area contributed by atoms with E-state index in [-0.39, 0.29) is 18.6 Å². The van der Waals surface area contributed by atoms with Crippen LogP contribution in [-0.4, -0.2) is 20.1 Å². The van der Waals surface area contributed by atoms with Gasteiger partial charge < -0.3 is 5.73 Å². The van der Waals surface area contributed by atoms with Gasteiger partial charge in [0.15, 0.2) is 9.84 Å². The second kappa shape index (κ2) is 5.12. The maximum absolute atomic E-state index is 11.8. The monoisotopic (exact) mass is 241 g/mol. The molecule has 0 atom stereocenters. The fraction of sp³-hybridized carbons (Fsp3) is 0.364. The van der Waals surface area contributed by atoms with Gasteiger partial charge in [0.05, 0.1) is 10.6 Å². The molecular formula is C11H15NO3S. The van der Waals surface area contributed by atoms with Crippen LogP contribution in [-0.2, 0) is 14.6 Å². The average molecular weight is 241 g/mol. The van der Waals surface area contributed by atoms with Crippen molar-refractivity contribution in [3.63, 3.8) is 0 Å². The van der Waals surface area contributed by atoms with E-state index in [9.17, 15) is 13.2 Å². The summed E-state index contributed by atoms with van der Waals surface area (Å²) in [6.07, 6.45) is 0.372. The van der Waals surface area contributed by atoms with Crippen molar-refractivity contribution in [2.45, 2.75) is 24.7 Å². The molecule has 4 nitrogen and oxygen atoms in total. The highest BCUT2D eigenvalue weighted by Gasteiger charge is 2.13. The second-order valence-corrected chi connectivity index (χ2v) is 5.81. The third-order valence-corrected chi connectivity index (χ3v) is 4.03. The lowest BCUT2D eigenvalue weighted by atomic mass is 10.2. The van der Waals surface area contributed by atoms with Crippen molar-refractivity contribution in [1.29, 1.82) is 0 Å². The molecule has 0 aliphatic carbocycles. The smallest absolute Gasteiger partial charge is 0.217 e. The number of carbonyl (C=O) groups is 1. The summed E-state index contributed by atoms with van der Waals surface area (Å²) in [5.74, 6) is -0.516. The number of rotatable bonds is 5. The van der Waals surface area contributed by atoms with E-state index in [0.29, 0.717) is 4.90 Å². The summed E-state index contributed by atoms with van der Waals surface area (Å²) in [5.41, 5.74) is 5.96. The Bertz CT molecular complexity index is 463. The van der Waals surface area contributed by atoms with Crippen molar-refractivity contribution in [1.82, 2.24) is 0 Å². The molecule has 0 fully saturated rings. The van der Waals surface area contributed by atoms with Crippen LogP contribution in [0.2, 0.25) is 0 Å². The van der Waals surface area contributed by atoms with E-state index in [2.05, 4.69) is 0 Å². The maximum Gasteiger partial charge on any atom is 0.217 e. The molecule has 0 aliphatic rings. The molecule has 1 amide bonds. The first-order chi connectivity index (χ1) is 7.42. The predicted molar refractivity (Wildman–Crippen MR) is 61.7 cm³/mol. The van der Waals surface area contributed by atoms with E-state index in [4.69, 9.17) is 5.73 Å². The summed E-state index contributed by atoms with van der Waals surface area (Å²) < 4.78 is 23.5. The van der Waals surface area contributed by atoms with Gasteiger partial charge in [-0.2, -0.15) is 0 Å². The third kappa shape index (κ3) is 3.66. The van der Waals surface area contributed by atoms with Gasteiger partial charge in [0.25, 0.3) is 0 Å². The fourth-order valence-electron chi connectivity index (χ4n) is 1.30. The molecule has 0 aromatic heterocycles. The van der Waals surface area contributed by atoms with Gasteiger partial charge in [-0.1, -0.05) is 17.7 Å². The number of primary amides is 1. The highest BCUT2D eigenvalue weighted by atomic mass is 32.2. The highest BCUT2D eigenvalue weighted by molar-refractivity contribution is 7.91. The standard InChI is InChI=1S/C11H15NO3S/c1-9-4-6-10(7-5-9)16(14,15)8-2-3-11(12)13/h4-7H,2-3,8H2,1H3,(H2,12,13). The normalized spacial score (nSPS) is 11.3. The van der Waals surface area contributed by atoms with Crippen LogP contribution in [0.25, 0.3) is 0 Å². The minimum atomic E-state index is -3.28. The van der Waals surface area contributed by atoms with Gasteiger partial charge in [-0.15, -0.1) is 0 Å². The minimum Gasteiger partial charge on any atom is -0.370 e. The molecule has 1 aromatic carbocycles. The zero-order valence-electron chi connectivity index (χ0n) is 9.14. The zero-order valence-corrected chi connectivity index (χ0v) is 9.96. The van der Waals surface area contributed by atoms with E-state index in [1.54, 1.807) is 24.3 Å². The Morgan fingerprint density at radius 3 is 2.31 bits per heavy atom.